The first-order chi connectivity index (χ1) is 11.4. The highest BCUT2D eigenvalue weighted by atomic mass is 35.5. The zero-order chi connectivity index (χ0) is 17.4. The summed E-state index contributed by atoms with van der Waals surface area (Å²) in [6.07, 6.45) is 0. The number of benzene rings is 2. The van der Waals surface area contributed by atoms with E-state index in [2.05, 4.69) is 50.1 Å². The van der Waals surface area contributed by atoms with Gasteiger partial charge in [-0.3, -0.25) is 0 Å². The lowest BCUT2D eigenvalue weighted by Crippen LogP contribution is -2.04. The highest BCUT2D eigenvalue weighted by Gasteiger charge is 2.15. The lowest BCUT2D eigenvalue weighted by atomic mass is 9.92. The van der Waals surface area contributed by atoms with Crippen LogP contribution in [0, 0.1) is 27.7 Å². The Hall–Kier alpha value is -2.13. The molecule has 3 nitrogen and oxygen atoms in total. The Labute approximate surface area is 148 Å². The third kappa shape index (κ3) is 2.96. The Morgan fingerprint density at radius 1 is 0.958 bits per heavy atom. The molecule has 24 heavy (non-hydrogen) atoms. The van der Waals surface area contributed by atoms with Crippen molar-refractivity contribution in [2.45, 2.75) is 34.6 Å². The van der Waals surface area contributed by atoms with Crippen LogP contribution in [-0.2, 0) is 0 Å². The van der Waals surface area contributed by atoms with Gasteiger partial charge in [0.15, 0.2) is 0 Å². The quantitative estimate of drug-likeness (QED) is 0.673. The summed E-state index contributed by atoms with van der Waals surface area (Å²) in [7, 11) is 0. The van der Waals surface area contributed by atoms with Gasteiger partial charge in [0, 0.05) is 22.5 Å². The highest BCUT2D eigenvalue weighted by molar-refractivity contribution is 6.32. The number of nitrogens with zero attached hydrogens (tertiary/aromatic N) is 2. The second kappa shape index (κ2) is 6.40. The molecule has 0 unspecified atom stereocenters. The first-order valence-corrected chi connectivity index (χ1v) is 8.58. The van der Waals surface area contributed by atoms with Crippen molar-refractivity contribution in [3.63, 3.8) is 0 Å². The van der Waals surface area contributed by atoms with Gasteiger partial charge in [-0.25, -0.2) is 9.97 Å². The van der Waals surface area contributed by atoms with E-state index < -0.39 is 0 Å². The van der Waals surface area contributed by atoms with Gasteiger partial charge in [-0.1, -0.05) is 29.3 Å². The largest absolute Gasteiger partial charge is 0.370 e. The van der Waals surface area contributed by atoms with Gasteiger partial charge in [0.1, 0.15) is 11.6 Å². The second-order valence-electron chi connectivity index (χ2n) is 6.27. The van der Waals surface area contributed by atoms with Gasteiger partial charge >= 0.3 is 0 Å². The Bertz CT molecular complexity index is 909. The fourth-order valence-corrected chi connectivity index (χ4v) is 3.62. The average Bonchev–Trinajstić information content (AvgIpc) is 2.47. The lowest BCUT2D eigenvalue weighted by Gasteiger charge is -2.16. The fourth-order valence-electron chi connectivity index (χ4n) is 3.41. The first kappa shape index (κ1) is 16.7. The van der Waals surface area contributed by atoms with Crippen molar-refractivity contribution in [1.82, 2.24) is 9.97 Å². The number of halogens is 1. The van der Waals surface area contributed by atoms with Crippen LogP contribution in [0.15, 0.2) is 24.3 Å². The highest BCUT2D eigenvalue weighted by Crippen LogP contribution is 2.37. The lowest BCUT2D eigenvalue weighted by molar-refractivity contribution is 1.07. The smallest absolute Gasteiger partial charge is 0.137 e. The Kier molecular flexibility index (Phi) is 4.46. The molecule has 0 amide bonds. The summed E-state index contributed by atoms with van der Waals surface area (Å²) in [4.78, 5) is 9.28. The summed E-state index contributed by atoms with van der Waals surface area (Å²) >= 11 is 6.44. The molecule has 0 aliphatic rings. The van der Waals surface area contributed by atoms with E-state index in [4.69, 9.17) is 16.6 Å². The van der Waals surface area contributed by atoms with E-state index in [1.54, 1.807) is 0 Å². The fraction of sp³-hybridized carbons (Fsp3) is 0.300. The summed E-state index contributed by atoms with van der Waals surface area (Å²) in [5.74, 6) is 1.59. The van der Waals surface area contributed by atoms with Crippen molar-refractivity contribution >= 4 is 28.3 Å². The first-order valence-electron chi connectivity index (χ1n) is 8.20. The van der Waals surface area contributed by atoms with Gasteiger partial charge in [-0.15, -0.1) is 0 Å². The number of nitrogens with one attached hydrogen (secondary N) is 1. The minimum atomic E-state index is 0.698. The third-order valence-electron chi connectivity index (χ3n) is 4.17. The van der Waals surface area contributed by atoms with Crippen LogP contribution in [0.3, 0.4) is 0 Å². The van der Waals surface area contributed by atoms with E-state index in [1.165, 1.54) is 22.3 Å². The molecular weight excluding hydrogens is 318 g/mol. The molecule has 4 heteroatoms. The number of hydrogen-bond donors (Lipinski definition) is 1. The maximum atomic E-state index is 6.44. The average molecular weight is 340 g/mol. The van der Waals surface area contributed by atoms with Gasteiger partial charge in [0.05, 0.1) is 5.52 Å². The van der Waals surface area contributed by atoms with Crippen molar-refractivity contribution in [3.8, 4) is 11.1 Å². The van der Waals surface area contributed by atoms with E-state index >= 15 is 0 Å². The minimum Gasteiger partial charge on any atom is -0.370 e. The third-order valence-corrected chi connectivity index (χ3v) is 4.39. The van der Waals surface area contributed by atoms with Crippen LogP contribution in [0.2, 0.25) is 5.02 Å². The SMILES string of the molecule is CCNc1nc(C)nc2c(-c3c(C)cc(C)cc3C)cc(Cl)cc12. The van der Waals surface area contributed by atoms with Crippen LogP contribution < -0.4 is 5.32 Å². The molecule has 0 saturated carbocycles. The monoisotopic (exact) mass is 339 g/mol. The van der Waals surface area contributed by atoms with Gasteiger partial charge in [0.25, 0.3) is 0 Å². The summed E-state index contributed by atoms with van der Waals surface area (Å²) in [5.41, 5.74) is 6.94. The molecule has 0 atom stereocenters. The van der Waals surface area contributed by atoms with Crippen molar-refractivity contribution in [2.75, 3.05) is 11.9 Å². The number of rotatable bonds is 3. The number of anilines is 1. The molecule has 1 N–H and O–H groups in total. The molecule has 0 bridgehead atoms. The summed E-state index contributed by atoms with van der Waals surface area (Å²) in [6, 6.07) is 8.36. The molecule has 1 heterocycles. The van der Waals surface area contributed by atoms with Crippen molar-refractivity contribution in [1.29, 1.82) is 0 Å². The second-order valence-corrected chi connectivity index (χ2v) is 6.71. The van der Waals surface area contributed by atoms with Gasteiger partial charge in [0.2, 0.25) is 0 Å². The normalized spacial score (nSPS) is 11.1. The van der Waals surface area contributed by atoms with E-state index in [-0.39, 0.29) is 0 Å². The number of aryl methyl sites for hydroxylation is 4. The Balaban J connectivity index is 2.41. The van der Waals surface area contributed by atoms with Crippen LogP contribution in [0.4, 0.5) is 5.82 Å². The maximum Gasteiger partial charge on any atom is 0.137 e. The molecule has 1 aromatic heterocycles. The van der Waals surface area contributed by atoms with Crippen LogP contribution in [0.25, 0.3) is 22.0 Å². The molecular formula is C20H22ClN3. The van der Waals surface area contributed by atoms with Crippen LogP contribution in [0.5, 0.6) is 0 Å². The number of fused-ring (bicyclic) bond motifs is 1. The molecule has 2 aromatic carbocycles. The molecule has 0 saturated heterocycles. The van der Waals surface area contributed by atoms with E-state index in [0.717, 1.165) is 34.7 Å². The standard InChI is InChI=1S/C20H22ClN3/c1-6-22-20-17-10-15(21)9-16(19(17)23-14(5)24-20)18-12(3)7-11(2)8-13(18)4/h7-10H,6H2,1-5H3,(H,22,23,24). The number of hydrogen-bond acceptors (Lipinski definition) is 3. The molecule has 0 aliphatic carbocycles. The number of aromatic nitrogens is 2. The topological polar surface area (TPSA) is 37.8 Å². The van der Waals surface area contributed by atoms with Crippen LogP contribution in [0.1, 0.15) is 29.4 Å². The van der Waals surface area contributed by atoms with Gasteiger partial charge < -0.3 is 5.32 Å². The molecule has 0 aliphatic heterocycles. The van der Waals surface area contributed by atoms with E-state index in [1.807, 2.05) is 19.1 Å². The maximum absolute atomic E-state index is 6.44. The van der Waals surface area contributed by atoms with E-state index in [0.29, 0.717) is 5.02 Å². The summed E-state index contributed by atoms with van der Waals surface area (Å²) in [6.45, 7) is 11.2. The molecule has 0 spiro atoms. The summed E-state index contributed by atoms with van der Waals surface area (Å²) in [5, 5.41) is 4.99. The predicted octanol–water partition coefficient (Wildman–Crippen LogP) is 5.62. The zero-order valence-corrected chi connectivity index (χ0v) is 15.5. The van der Waals surface area contributed by atoms with E-state index in [9.17, 15) is 0 Å². The summed E-state index contributed by atoms with van der Waals surface area (Å²) < 4.78 is 0. The Morgan fingerprint density at radius 2 is 1.62 bits per heavy atom. The molecule has 3 aromatic rings. The van der Waals surface area contributed by atoms with Gasteiger partial charge in [-0.2, -0.15) is 0 Å². The van der Waals surface area contributed by atoms with Crippen molar-refractivity contribution in [3.05, 3.63) is 51.8 Å². The van der Waals surface area contributed by atoms with Gasteiger partial charge in [-0.05, 0) is 63.4 Å². The Morgan fingerprint density at radius 3 is 2.25 bits per heavy atom. The van der Waals surface area contributed by atoms with Crippen molar-refractivity contribution in [2.24, 2.45) is 0 Å². The van der Waals surface area contributed by atoms with Crippen LogP contribution in [-0.4, -0.2) is 16.5 Å². The molecule has 0 radical (unpaired) electrons. The molecule has 3 rings (SSSR count). The van der Waals surface area contributed by atoms with Crippen LogP contribution >= 0.6 is 11.6 Å². The molecule has 0 fully saturated rings. The van der Waals surface area contributed by atoms with Crippen molar-refractivity contribution < 1.29 is 0 Å². The predicted molar refractivity (Wildman–Crippen MR) is 103 cm³/mol. The molecule has 124 valence electrons. The minimum absolute atomic E-state index is 0.698. The zero-order valence-electron chi connectivity index (χ0n) is 14.8.